The van der Waals surface area contributed by atoms with Gasteiger partial charge in [-0.05, 0) is 23.8 Å². The lowest BCUT2D eigenvalue weighted by molar-refractivity contribution is 0.813. The highest BCUT2D eigenvalue weighted by atomic mass is 15.3. The van der Waals surface area contributed by atoms with Crippen LogP contribution in [0.5, 0.6) is 0 Å². The molecule has 2 aromatic carbocycles. The van der Waals surface area contributed by atoms with Crippen LogP contribution >= 0.6 is 0 Å². The van der Waals surface area contributed by atoms with Crippen molar-refractivity contribution in [2.75, 3.05) is 11.9 Å². The minimum Gasteiger partial charge on any atom is -0.355 e. The number of nitrogens with one attached hydrogen (secondary N) is 2. The number of para-hydroxylation sites is 1. The highest BCUT2D eigenvalue weighted by Crippen LogP contribution is 2.17. The van der Waals surface area contributed by atoms with E-state index in [-0.39, 0.29) is 0 Å². The Morgan fingerprint density at radius 2 is 2.00 bits per heavy atom. The molecule has 0 bridgehead atoms. The molecule has 0 atom stereocenters. The quantitative estimate of drug-likeness (QED) is 0.859. The van der Waals surface area contributed by atoms with Crippen LogP contribution in [0.1, 0.15) is 12.0 Å². The summed E-state index contributed by atoms with van der Waals surface area (Å²) in [7, 11) is 0. The zero-order chi connectivity index (χ0) is 12.2. The molecule has 1 radical (unpaired) electrons. The smallest absolute Gasteiger partial charge is 0.0693 e. The molecule has 18 heavy (non-hydrogen) atoms. The number of anilines is 2. The summed E-state index contributed by atoms with van der Waals surface area (Å²) in [5.74, 6) is 0. The second-order valence-electron chi connectivity index (χ2n) is 4.20. The molecule has 2 aromatic rings. The summed E-state index contributed by atoms with van der Waals surface area (Å²) in [5, 5.41) is 7.57. The van der Waals surface area contributed by atoms with E-state index in [4.69, 9.17) is 0 Å². The van der Waals surface area contributed by atoms with E-state index in [1.165, 1.54) is 5.56 Å². The van der Waals surface area contributed by atoms with Crippen LogP contribution in [0, 0.1) is 6.07 Å². The van der Waals surface area contributed by atoms with Crippen molar-refractivity contribution in [3.8, 4) is 0 Å². The predicted molar refractivity (Wildman–Crippen MR) is 74.2 cm³/mol. The molecule has 0 aliphatic carbocycles. The second kappa shape index (κ2) is 4.92. The molecule has 0 saturated heterocycles. The van der Waals surface area contributed by atoms with Gasteiger partial charge >= 0.3 is 0 Å². The minimum atomic E-state index is 0.939. The van der Waals surface area contributed by atoms with Crippen molar-refractivity contribution >= 4 is 17.1 Å². The average molecular weight is 236 g/mol. The molecule has 1 aliphatic rings. The first kappa shape index (κ1) is 10.8. The van der Waals surface area contributed by atoms with Gasteiger partial charge in [-0.15, -0.1) is 0 Å². The van der Waals surface area contributed by atoms with Gasteiger partial charge < -0.3 is 10.7 Å². The van der Waals surface area contributed by atoms with E-state index < -0.39 is 0 Å². The maximum Gasteiger partial charge on any atom is 0.0693 e. The zero-order valence-corrected chi connectivity index (χ0v) is 9.98. The van der Waals surface area contributed by atoms with Crippen LogP contribution in [0.15, 0.2) is 53.6 Å². The average Bonchev–Trinajstić information content (AvgIpc) is 2.95. The largest absolute Gasteiger partial charge is 0.355 e. The van der Waals surface area contributed by atoms with Crippen molar-refractivity contribution in [2.45, 2.75) is 6.42 Å². The molecule has 0 aromatic heterocycles. The number of hydrogen-bond donors (Lipinski definition) is 2. The van der Waals surface area contributed by atoms with Crippen LogP contribution in [0.2, 0.25) is 0 Å². The Hall–Kier alpha value is -2.29. The lowest BCUT2D eigenvalue weighted by atomic mass is 10.1. The van der Waals surface area contributed by atoms with E-state index in [0.717, 1.165) is 30.1 Å². The van der Waals surface area contributed by atoms with Gasteiger partial charge in [-0.1, -0.05) is 30.3 Å². The van der Waals surface area contributed by atoms with Crippen molar-refractivity contribution in [2.24, 2.45) is 5.10 Å². The molecule has 3 heteroatoms. The van der Waals surface area contributed by atoms with Crippen LogP contribution in [0.3, 0.4) is 0 Å². The fourth-order valence-corrected chi connectivity index (χ4v) is 1.96. The monoisotopic (exact) mass is 236 g/mol. The van der Waals surface area contributed by atoms with Crippen LogP contribution in [-0.2, 0) is 0 Å². The van der Waals surface area contributed by atoms with Gasteiger partial charge in [0.05, 0.1) is 5.71 Å². The number of nitrogens with zero attached hydrogens (tertiary/aromatic N) is 1. The second-order valence-corrected chi connectivity index (χ2v) is 4.20. The lowest BCUT2D eigenvalue weighted by Crippen LogP contribution is -1.98. The maximum absolute atomic E-state index is 4.26. The van der Waals surface area contributed by atoms with E-state index in [0.29, 0.717) is 0 Å². The summed E-state index contributed by atoms with van der Waals surface area (Å²) in [4.78, 5) is 0. The molecule has 0 saturated carbocycles. The van der Waals surface area contributed by atoms with Gasteiger partial charge in [0.15, 0.2) is 0 Å². The van der Waals surface area contributed by atoms with Gasteiger partial charge in [0.1, 0.15) is 0 Å². The molecule has 0 unspecified atom stereocenters. The highest BCUT2D eigenvalue weighted by molar-refractivity contribution is 6.01. The molecule has 3 nitrogen and oxygen atoms in total. The molecule has 89 valence electrons. The standard InChI is InChI=1S/C15H14N3/c1-2-4-13(5-3-1)17-14-8-6-12(7-9-14)15-10-11-16-18-15/h1-4,6-9,16-17H,10-11H2. The third-order valence-electron chi connectivity index (χ3n) is 2.89. The molecule has 0 fully saturated rings. The first-order valence-corrected chi connectivity index (χ1v) is 6.05. The maximum atomic E-state index is 4.26. The van der Waals surface area contributed by atoms with Crippen LogP contribution in [-0.4, -0.2) is 12.3 Å². The van der Waals surface area contributed by atoms with Gasteiger partial charge in [0.25, 0.3) is 0 Å². The van der Waals surface area contributed by atoms with Crippen molar-refractivity contribution in [1.29, 1.82) is 0 Å². The topological polar surface area (TPSA) is 36.4 Å². The van der Waals surface area contributed by atoms with Gasteiger partial charge in [-0.2, -0.15) is 5.10 Å². The van der Waals surface area contributed by atoms with E-state index in [1.807, 2.05) is 24.3 Å². The lowest BCUT2D eigenvalue weighted by Gasteiger charge is -2.06. The highest BCUT2D eigenvalue weighted by Gasteiger charge is 2.08. The van der Waals surface area contributed by atoms with Crippen molar-refractivity contribution < 1.29 is 0 Å². The van der Waals surface area contributed by atoms with Crippen molar-refractivity contribution in [3.05, 3.63) is 60.2 Å². The zero-order valence-electron chi connectivity index (χ0n) is 9.98. The van der Waals surface area contributed by atoms with Gasteiger partial charge in [-0.25, -0.2) is 0 Å². The van der Waals surface area contributed by atoms with E-state index in [2.05, 4.69) is 46.2 Å². The molecule has 2 N–H and O–H groups in total. The summed E-state index contributed by atoms with van der Waals surface area (Å²) in [6, 6.07) is 19.3. The Morgan fingerprint density at radius 3 is 2.67 bits per heavy atom. The fraction of sp³-hybridized carbons (Fsp3) is 0.133. The van der Waals surface area contributed by atoms with Gasteiger partial charge in [-0.3, -0.25) is 0 Å². The van der Waals surface area contributed by atoms with Gasteiger partial charge in [0, 0.05) is 30.4 Å². The fourth-order valence-electron chi connectivity index (χ4n) is 1.96. The van der Waals surface area contributed by atoms with E-state index in [1.54, 1.807) is 0 Å². The third kappa shape index (κ3) is 2.35. The summed E-state index contributed by atoms with van der Waals surface area (Å²) in [6.07, 6.45) is 0.999. The number of hydrazone groups is 1. The molecular formula is C15H14N3. The van der Waals surface area contributed by atoms with Crippen molar-refractivity contribution in [1.82, 2.24) is 5.43 Å². The number of hydrogen-bond acceptors (Lipinski definition) is 3. The Bertz CT molecular complexity index is 544. The molecular weight excluding hydrogens is 222 g/mol. The molecule has 1 heterocycles. The molecule has 3 rings (SSSR count). The Kier molecular flexibility index (Phi) is 2.96. The van der Waals surface area contributed by atoms with Crippen molar-refractivity contribution in [3.63, 3.8) is 0 Å². The first-order chi connectivity index (χ1) is 8.92. The number of rotatable bonds is 3. The summed E-state index contributed by atoms with van der Waals surface area (Å²) < 4.78 is 0. The van der Waals surface area contributed by atoms with Crippen LogP contribution in [0.4, 0.5) is 11.4 Å². The predicted octanol–water partition coefficient (Wildman–Crippen LogP) is 2.93. The normalized spacial score (nSPS) is 13.9. The first-order valence-electron chi connectivity index (χ1n) is 6.05. The Balaban J connectivity index is 1.75. The Morgan fingerprint density at radius 1 is 1.11 bits per heavy atom. The third-order valence-corrected chi connectivity index (χ3v) is 2.89. The molecule has 0 spiro atoms. The SMILES string of the molecule is [c]1ccccc1Nc1ccc(C2=NNCC2)cc1. The van der Waals surface area contributed by atoms with Crippen LogP contribution in [0.25, 0.3) is 0 Å². The number of benzene rings is 2. The van der Waals surface area contributed by atoms with Crippen LogP contribution < -0.4 is 10.7 Å². The molecule has 0 amide bonds. The summed E-state index contributed by atoms with van der Waals surface area (Å²) in [5.41, 5.74) is 7.35. The summed E-state index contributed by atoms with van der Waals surface area (Å²) >= 11 is 0. The van der Waals surface area contributed by atoms with Gasteiger partial charge in [0.2, 0.25) is 0 Å². The minimum absolute atomic E-state index is 0.939. The molecule has 1 aliphatic heterocycles. The van der Waals surface area contributed by atoms with E-state index >= 15 is 0 Å². The summed E-state index contributed by atoms with van der Waals surface area (Å²) in [6.45, 7) is 0.939. The Labute approximate surface area is 107 Å². The van der Waals surface area contributed by atoms with E-state index in [9.17, 15) is 0 Å².